The van der Waals surface area contributed by atoms with Crippen molar-refractivity contribution in [1.82, 2.24) is 4.90 Å². The summed E-state index contributed by atoms with van der Waals surface area (Å²) >= 11 is 0. The zero-order valence-corrected chi connectivity index (χ0v) is 39.8. The van der Waals surface area contributed by atoms with E-state index < -0.39 is 24.3 Å². The van der Waals surface area contributed by atoms with Crippen LogP contribution >= 0.6 is 0 Å². The molecule has 1 heterocycles. The fraction of sp³-hybridized carbons (Fsp3) is 0.863. The number of hydrogen-bond acceptors (Lipinski definition) is 10. The maximum atomic E-state index is 13.0. The fourth-order valence-corrected chi connectivity index (χ4v) is 7.42. The molecule has 1 fully saturated rings. The average Bonchev–Trinajstić information content (AvgIpc) is 3.27. The lowest BCUT2D eigenvalue weighted by molar-refractivity contribution is -0.161. The Balaban J connectivity index is 2.55. The van der Waals surface area contributed by atoms with E-state index in [4.69, 9.17) is 28.4 Å². The van der Waals surface area contributed by atoms with Gasteiger partial charge in [-0.05, 0) is 77.3 Å². The lowest BCUT2D eigenvalue weighted by atomic mass is 9.99. The molecule has 0 radical (unpaired) electrons. The molecule has 10 nitrogen and oxygen atoms in total. The van der Waals surface area contributed by atoms with Gasteiger partial charge in [0.1, 0.15) is 19.8 Å². The Bertz CT molecular complexity index is 1060. The zero-order chi connectivity index (χ0) is 44.3. The molecule has 0 saturated carbocycles. The van der Waals surface area contributed by atoms with E-state index in [1.54, 1.807) is 0 Å². The van der Waals surface area contributed by atoms with Crippen LogP contribution in [0.4, 0.5) is 4.79 Å². The first-order valence-corrected chi connectivity index (χ1v) is 25.3. The molecule has 2 atom stereocenters. The van der Waals surface area contributed by atoms with Crippen molar-refractivity contribution in [2.45, 2.75) is 214 Å². The van der Waals surface area contributed by atoms with Gasteiger partial charge >= 0.3 is 18.1 Å². The van der Waals surface area contributed by atoms with Crippen molar-refractivity contribution in [1.29, 1.82) is 0 Å². The van der Waals surface area contributed by atoms with Crippen LogP contribution < -0.4 is 0 Å². The molecule has 1 aliphatic heterocycles. The highest BCUT2D eigenvalue weighted by atomic mass is 16.7. The van der Waals surface area contributed by atoms with Gasteiger partial charge in [-0.25, -0.2) is 4.79 Å². The van der Waals surface area contributed by atoms with E-state index in [0.717, 1.165) is 103 Å². The van der Waals surface area contributed by atoms with Gasteiger partial charge < -0.3 is 33.3 Å². The van der Waals surface area contributed by atoms with Crippen molar-refractivity contribution in [2.75, 3.05) is 59.3 Å². The van der Waals surface area contributed by atoms with Crippen molar-refractivity contribution < 1.29 is 42.8 Å². The molecule has 1 aliphatic rings. The van der Waals surface area contributed by atoms with E-state index in [0.29, 0.717) is 32.7 Å². The van der Waals surface area contributed by atoms with Crippen molar-refractivity contribution in [3.8, 4) is 0 Å². The summed E-state index contributed by atoms with van der Waals surface area (Å²) in [6, 6.07) is 0. The third-order valence-corrected chi connectivity index (χ3v) is 11.4. The number of unbranched alkanes of at least 4 members (excludes halogenated alkanes) is 18. The third-order valence-electron chi connectivity index (χ3n) is 11.4. The van der Waals surface area contributed by atoms with E-state index in [1.165, 1.54) is 77.0 Å². The third kappa shape index (κ3) is 36.7. The first-order valence-electron chi connectivity index (χ1n) is 25.3. The van der Waals surface area contributed by atoms with Gasteiger partial charge in [0, 0.05) is 38.5 Å². The molecule has 356 valence electrons. The smallest absolute Gasteiger partial charge is 0.465 e. The predicted molar refractivity (Wildman–Crippen MR) is 249 cm³/mol. The lowest BCUT2D eigenvalue weighted by Crippen LogP contribution is -2.37. The van der Waals surface area contributed by atoms with Crippen molar-refractivity contribution in [3.05, 3.63) is 24.3 Å². The van der Waals surface area contributed by atoms with Crippen LogP contribution in [0.1, 0.15) is 207 Å². The maximum absolute atomic E-state index is 13.0. The molecule has 2 unspecified atom stereocenters. The number of hydrogen-bond donors (Lipinski definition) is 0. The van der Waals surface area contributed by atoms with Gasteiger partial charge in [-0.1, -0.05) is 148 Å². The van der Waals surface area contributed by atoms with Crippen LogP contribution in [0.15, 0.2) is 24.3 Å². The molecular weight excluding hydrogens is 771 g/mol. The predicted octanol–water partition coefficient (Wildman–Crippen LogP) is 13.2. The number of allylic oxidation sites excluding steroid dienone is 4. The Morgan fingerprint density at radius 3 is 1.69 bits per heavy atom. The second kappa shape index (κ2) is 42.9. The molecule has 0 N–H and O–H groups in total. The summed E-state index contributed by atoms with van der Waals surface area (Å²) in [4.78, 5) is 40.7. The standard InChI is InChI=1S/C51H93NO9/c1-5-9-12-15-18-19-20-21-22-23-24-25-26-27-30-35-48(53)58-43-47(45-61-51(55)60-42-46-34-33-38-52(8-4)41-46)44-59-49(54)36-37-50(56-39-31-28-16-13-10-6-2)57-40-32-29-17-14-11-7-3/h18-19,21-22,46-47,50H,5-17,20,23-45H2,1-4H3. The molecule has 0 aromatic heterocycles. The number of rotatable bonds is 42. The fourth-order valence-electron chi connectivity index (χ4n) is 7.42. The van der Waals surface area contributed by atoms with Crippen molar-refractivity contribution in [2.24, 2.45) is 11.8 Å². The molecule has 0 aromatic rings. The minimum Gasteiger partial charge on any atom is -0.465 e. The van der Waals surface area contributed by atoms with Crippen LogP contribution in [-0.2, 0) is 38.0 Å². The van der Waals surface area contributed by atoms with E-state index in [-0.39, 0.29) is 38.1 Å². The molecule has 61 heavy (non-hydrogen) atoms. The molecule has 0 aliphatic carbocycles. The van der Waals surface area contributed by atoms with Gasteiger partial charge in [-0.2, -0.15) is 0 Å². The highest BCUT2D eigenvalue weighted by Gasteiger charge is 2.23. The van der Waals surface area contributed by atoms with Gasteiger partial charge in [0.05, 0.1) is 18.9 Å². The number of esters is 2. The number of likely N-dealkylation sites (tertiary alicyclic amines) is 1. The first kappa shape index (κ1) is 56.6. The summed E-state index contributed by atoms with van der Waals surface area (Å²) in [7, 11) is 0. The Labute approximate surface area is 374 Å². The minimum absolute atomic E-state index is 0.0148. The summed E-state index contributed by atoms with van der Waals surface area (Å²) < 4.78 is 34.4. The molecular formula is C51H93NO9. The molecule has 0 spiro atoms. The van der Waals surface area contributed by atoms with Crippen LogP contribution in [0, 0.1) is 11.8 Å². The Morgan fingerprint density at radius 2 is 1.08 bits per heavy atom. The quantitative estimate of drug-likeness (QED) is 0.0193. The SMILES string of the molecule is CCCCCC=CCC=CCCCCCCCC(=O)OCC(COC(=O)CCC(OCCCCCCCC)OCCCCCCCC)COC(=O)OCC1CCCN(CC)C1. The first-order chi connectivity index (χ1) is 29.9. The summed E-state index contributed by atoms with van der Waals surface area (Å²) in [6.45, 7) is 13.2. The zero-order valence-electron chi connectivity index (χ0n) is 39.8. The highest BCUT2D eigenvalue weighted by Crippen LogP contribution is 2.18. The number of carbonyl (C=O) groups excluding carboxylic acids is 3. The summed E-state index contributed by atoms with van der Waals surface area (Å²) in [5, 5.41) is 0. The number of carbonyl (C=O) groups is 3. The topological polar surface area (TPSA) is 110 Å². The minimum atomic E-state index is -0.755. The van der Waals surface area contributed by atoms with Crippen LogP contribution in [-0.4, -0.2) is 88.6 Å². The van der Waals surface area contributed by atoms with Gasteiger partial charge in [-0.15, -0.1) is 0 Å². The molecule has 10 heteroatoms. The van der Waals surface area contributed by atoms with E-state index in [2.05, 4.69) is 56.9 Å². The molecule has 0 bridgehead atoms. The van der Waals surface area contributed by atoms with Crippen LogP contribution in [0.2, 0.25) is 0 Å². The normalized spacial score (nSPS) is 15.2. The van der Waals surface area contributed by atoms with Gasteiger partial charge in [0.2, 0.25) is 0 Å². The van der Waals surface area contributed by atoms with Crippen LogP contribution in [0.5, 0.6) is 0 Å². The number of ether oxygens (including phenoxy) is 6. The van der Waals surface area contributed by atoms with Gasteiger partial charge in [0.15, 0.2) is 6.29 Å². The summed E-state index contributed by atoms with van der Waals surface area (Å²) in [6.07, 6.45) is 37.2. The Morgan fingerprint density at radius 1 is 0.574 bits per heavy atom. The van der Waals surface area contributed by atoms with Gasteiger partial charge in [-0.3, -0.25) is 9.59 Å². The second-order valence-corrected chi connectivity index (χ2v) is 17.2. The average molecular weight is 864 g/mol. The Hall–Kier alpha value is -2.43. The van der Waals surface area contributed by atoms with Crippen LogP contribution in [0.25, 0.3) is 0 Å². The lowest BCUT2D eigenvalue weighted by Gasteiger charge is -2.31. The van der Waals surface area contributed by atoms with Crippen LogP contribution in [0.3, 0.4) is 0 Å². The summed E-state index contributed by atoms with van der Waals surface area (Å²) in [5.41, 5.74) is 0. The molecule has 1 rings (SSSR count). The van der Waals surface area contributed by atoms with Crippen molar-refractivity contribution in [3.63, 3.8) is 0 Å². The second-order valence-electron chi connectivity index (χ2n) is 17.2. The molecule has 0 amide bonds. The Kier molecular flexibility index (Phi) is 39.8. The molecule has 1 saturated heterocycles. The largest absolute Gasteiger partial charge is 0.508 e. The number of piperidine rings is 1. The summed E-state index contributed by atoms with van der Waals surface area (Å²) in [5.74, 6) is -0.922. The van der Waals surface area contributed by atoms with E-state index >= 15 is 0 Å². The molecule has 0 aromatic carbocycles. The maximum Gasteiger partial charge on any atom is 0.508 e. The van der Waals surface area contributed by atoms with Crippen molar-refractivity contribution >= 4 is 18.1 Å². The highest BCUT2D eigenvalue weighted by molar-refractivity contribution is 5.69. The van der Waals surface area contributed by atoms with E-state index in [1.807, 2.05) is 0 Å². The van der Waals surface area contributed by atoms with E-state index in [9.17, 15) is 14.4 Å². The monoisotopic (exact) mass is 864 g/mol. The number of nitrogens with zero attached hydrogens (tertiary/aromatic N) is 1. The van der Waals surface area contributed by atoms with Gasteiger partial charge in [0.25, 0.3) is 0 Å².